The molecule has 1 aromatic heterocycles. The van der Waals surface area contributed by atoms with Crippen LogP contribution in [0.2, 0.25) is 0 Å². The van der Waals surface area contributed by atoms with E-state index in [1.807, 2.05) is 9.80 Å². The van der Waals surface area contributed by atoms with Crippen LogP contribution in [-0.2, 0) is 11.0 Å². The van der Waals surface area contributed by atoms with Gasteiger partial charge < -0.3 is 4.90 Å². The van der Waals surface area contributed by atoms with Gasteiger partial charge in [0.15, 0.2) is 0 Å². The highest BCUT2D eigenvalue weighted by Gasteiger charge is 2.31. The van der Waals surface area contributed by atoms with Crippen LogP contribution in [0.4, 0.5) is 24.0 Å². The molecule has 1 fully saturated rings. The van der Waals surface area contributed by atoms with Crippen molar-refractivity contribution in [1.82, 2.24) is 15.1 Å². The Hall–Kier alpha value is -2.20. The van der Waals surface area contributed by atoms with Crippen molar-refractivity contribution in [1.29, 1.82) is 0 Å². The standard InChI is InChI=1S/C16H18F3N5OS/c1-11-21-22-15(26-11)20-14(25)10-23-5-7-24(8-6-23)13-4-2-3-12(9-13)16(17,18)19/h2-4,9H,5-8,10H2,1H3,(H,20,22,25). The summed E-state index contributed by atoms with van der Waals surface area (Å²) >= 11 is 1.31. The molecule has 1 aliphatic rings. The van der Waals surface area contributed by atoms with E-state index in [1.165, 1.54) is 23.5 Å². The maximum absolute atomic E-state index is 12.8. The number of carbonyl (C=O) groups excluding carboxylic acids is 1. The minimum absolute atomic E-state index is 0.173. The number of benzene rings is 1. The average Bonchev–Trinajstić information content (AvgIpc) is 2.99. The van der Waals surface area contributed by atoms with Crippen LogP contribution in [0, 0.1) is 6.92 Å². The zero-order valence-corrected chi connectivity index (χ0v) is 14.9. The molecular formula is C16H18F3N5OS. The maximum atomic E-state index is 12.8. The number of halogens is 3. The van der Waals surface area contributed by atoms with Crippen molar-refractivity contribution in [2.75, 3.05) is 42.9 Å². The van der Waals surface area contributed by atoms with Gasteiger partial charge in [-0.1, -0.05) is 17.4 Å². The minimum atomic E-state index is -4.35. The van der Waals surface area contributed by atoms with E-state index in [-0.39, 0.29) is 12.5 Å². The first-order chi connectivity index (χ1) is 12.3. The van der Waals surface area contributed by atoms with Gasteiger partial charge in [0.25, 0.3) is 0 Å². The number of nitrogens with one attached hydrogen (secondary N) is 1. The fourth-order valence-electron chi connectivity index (χ4n) is 2.75. The van der Waals surface area contributed by atoms with Crippen molar-refractivity contribution in [2.24, 2.45) is 0 Å². The first-order valence-electron chi connectivity index (χ1n) is 8.06. The number of anilines is 2. The Kier molecular flexibility index (Phi) is 5.42. The predicted molar refractivity (Wildman–Crippen MR) is 93.4 cm³/mol. The lowest BCUT2D eigenvalue weighted by atomic mass is 10.1. The van der Waals surface area contributed by atoms with Crippen molar-refractivity contribution in [3.05, 3.63) is 34.8 Å². The second kappa shape index (κ2) is 7.58. The van der Waals surface area contributed by atoms with Gasteiger partial charge in [0.2, 0.25) is 11.0 Å². The summed E-state index contributed by atoms with van der Waals surface area (Å²) in [4.78, 5) is 15.9. The highest BCUT2D eigenvalue weighted by Crippen LogP contribution is 2.31. The molecule has 26 heavy (non-hydrogen) atoms. The van der Waals surface area contributed by atoms with Crippen LogP contribution in [0.15, 0.2) is 24.3 Å². The van der Waals surface area contributed by atoms with E-state index in [0.29, 0.717) is 37.0 Å². The zero-order valence-electron chi connectivity index (χ0n) is 14.1. The van der Waals surface area contributed by atoms with Crippen molar-refractivity contribution in [3.63, 3.8) is 0 Å². The first-order valence-corrected chi connectivity index (χ1v) is 8.87. The smallest absolute Gasteiger partial charge is 0.369 e. The van der Waals surface area contributed by atoms with Crippen LogP contribution < -0.4 is 10.2 Å². The Balaban J connectivity index is 1.52. The number of carbonyl (C=O) groups is 1. The van der Waals surface area contributed by atoms with E-state index in [1.54, 1.807) is 13.0 Å². The molecule has 2 heterocycles. The quantitative estimate of drug-likeness (QED) is 0.877. The molecule has 0 atom stereocenters. The highest BCUT2D eigenvalue weighted by molar-refractivity contribution is 7.15. The van der Waals surface area contributed by atoms with Gasteiger partial charge >= 0.3 is 6.18 Å². The molecule has 1 amide bonds. The molecule has 0 aliphatic carbocycles. The van der Waals surface area contributed by atoms with Gasteiger partial charge in [0.1, 0.15) is 5.01 Å². The number of hydrogen-bond donors (Lipinski definition) is 1. The number of amides is 1. The van der Waals surface area contributed by atoms with E-state index in [9.17, 15) is 18.0 Å². The van der Waals surface area contributed by atoms with Gasteiger partial charge in [0.05, 0.1) is 12.1 Å². The third kappa shape index (κ3) is 4.70. The summed E-state index contributed by atoms with van der Waals surface area (Å²) in [5.41, 5.74) is -0.0996. The van der Waals surface area contributed by atoms with Crippen LogP contribution in [0.1, 0.15) is 10.6 Å². The average molecular weight is 385 g/mol. The summed E-state index contributed by atoms with van der Waals surface area (Å²) in [7, 11) is 0. The number of aryl methyl sites for hydroxylation is 1. The van der Waals surface area contributed by atoms with Gasteiger partial charge in [0, 0.05) is 31.9 Å². The topological polar surface area (TPSA) is 61.4 Å². The van der Waals surface area contributed by atoms with Crippen LogP contribution in [0.3, 0.4) is 0 Å². The van der Waals surface area contributed by atoms with Crippen molar-refractivity contribution in [3.8, 4) is 0 Å². The van der Waals surface area contributed by atoms with E-state index in [0.717, 1.165) is 11.1 Å². The number of nitrogens with zero attached hydrogens (tertiary/aromatic N) is 4. The Morgan fingerprint density at radius 2 is 1.96 bits per heavy atom. The Morgan fingerprint density at radius 1 is 1.23 bits per heavy atom. The summed E-state index contributed by atoms with van der Waals surface area (Å²) in [5, 5.41) is 11.6. The SMILES string of the molecule is Cc1nnc(NC(=O)CN2CCN(c3cccc(C(F)(F)F)c3)CC2)s1. The molecule has 10 heteroatoms. The Bertz CT molecular complexity index is 771. The summed E-state index contributed by atoms with van der Waals surface area (Å²) in [5.74, 6) is -0.173. The molecule has 1 aliphatic heterocycles. The molecule has 1 aromatic carbocycles. The van der Waals surface area contributed by atoms with Gasteiger partial charge in [-0.25, -0.2) is 0 Å². The number of piperazine rings is 1. The fourth-order valence-corrected chi connectivity index (χ4v) is 3.36. The molecule has 0 saturated carbocycles. The third-order valence-corrected chi connectivity index (χ3v) is 4.80. The summed E-state index contributed by atoms with van der Waals surface area (Å²) in [6.07, 6.45) is -4.35. The van der Waals surface area contributed by atoms with Crippen LogP contribution >= 0.6 is 11.3 Å². The van der Waals surface area contributed by atoms with E-state index in [2.05, 4.69) is 15.5 Å². The van der Waals surface area contributed by atoms with Crippen molar-refractivity contribution < 1.29 is 18.0 Å². The molecular weight excluding hydrogens is 367 g/mol. The lowest BCUT2D eigenvalue weighted by molar-refractivity contribution is -0.137. The summed E-state index contributed by atoms with van der Waals surface area (Å²) in [6, 6.07) is 5.33. The molecule has 0 unspecified atom stereocenters. The lowest BCUT2D eigenvalue weighted by Crippen LogP contribution is -2.48. The number of alkyl halides is 3. The van der Waals surface area contributed by atoms with E-state index in [4.69, 9.17) is 0 Å². The monoisotopic (exact) mass is 385 g/mol. The molecule has 2 aromatic rings. The fraction of sp³-hybridized carbons (Fsp3) is 0.438. The molecule has 0 spiro atoms. The first kappa shape index (κ1) is 18.6. The van der Waals surface area contributed by atoms with Crippen LogP contribution in [0.25, 0.3) is 0 Å². The molecule has 6 nitrogen and oxygen atoms in total. The summed E-state index contributed by atoms with van der Waals surface area (Å²) in [6.45, 7) is 4.34. The number of hydrogen-bond acceptors (Lipinski definition) is 6. The van der Waals surface area contributed by atoms with Gasteiger partial charge in [-0.3, -0.25) is 15.0 Å². The molecule has 0 bridgehead atoms. The Labute approximate surface area is 152 Å². The summed E-state index contributed by atoms with van der Waals surface area (Å²) < 4.78 is 38.5. The molecule has 140 valence electrons. The largest absolute Gasteiger partial charge is 0.416 e. The van der Waals surface area contributed by atoms with E-state index < -0.39 is 11.7 Å². The second-order valence-electron chi connectivity index (χ2n) is 5.99. The minimum Gasteiger partial charge on any atom is -0.369 e. The normalized spacial score (nSPS) is 15.9. The van der Waals surface area contributed by atoms with Gasteiger partial charge in [-0.05, 0) is 25.1 Å². The van der Waals surface area contributed by atoms with E-state index >= 15 is 0 Å². The van der Waals surface area contributed by atoms with Gasteiger partial charge in [-0.2, -0.15) is 13.2 Å². The van der Waals surface area contributed by atoms with Gasteiger partial charge in [-0.15, -0.1) is 10.2 Å². The van der Waals surface area contributed by atoms with Crippen LogP contribution in [0.5, 0.6) is 0 Å². The predicted octanol–water partition coefficient (Wildman–Crippen LogP) is 2.63. The van der Waals surface area contributed by atoms with Crippen LogP contribution in [-0.4, -0.2) is 53.7 Å². The number of aromatic nitrogens is 2. The number of rotatable bonds is 4. The Morgan fingerprint density at radius 3 is 2.58 bits per heavy atom. The maximum Gasteiger partial charge on any atom is 0.416 e. The molecule has 0 radical (unpaired) electrons. The second-order valence-corrected chi connectivity index (χ2v) is 7.17. The third-order valence-electron chi connectivity index (χ3n) is 4.05. The highest BCUT2D eigenvalue weighted by atomic mass is 32.1. The molecule has 3 rings (SSSR count). The van der Waals surface area contributed by atoms with Crippen molar-refractivity contribution in [2.45, 2.75) is 13.1 Å². The molecule has 1 saturated heterocycles. The molecule has 1 N–H and O–H groups in total. The lowest BCUT2D eigenvalue weighted by Gasteiger charge is -2.35. The van der Waals surface area contributed by atoms with Crippen molar-refractivity contribution >= 4 is 28.1 Å². The zero-order chi connectivity index (χ0) is 18.7.